The van der Waals surface area contributed by atoms with E-state index in [1.807, 2.05) is 61.2 Å². The summed E-state index contributed by atoms with van der Waals surface area (Å²) in [7, 11) is 4.03. The van der Waals surface area contributed by atoms with Gasteiger partial charge in [0.05, 0.1) is 11.3 Å². The van der Waals surface area contributed by atoms with E-state index >= 15 is 0 Å². The van der Waals surface area contributed by atoms with Gasteiger partial charge >= 0.3 is 0 Å². The highest BCUT2D eigenvalue weighted by Gasteiger charge is 2.30. The van der Waals surface area contributed by atoms with Crippen LogP contribution in [0.4, 0.5) is 0 Å². The molecule has 1 aromatic heterocycles. The fourth-order valence-electron chi connectivity index (χ4n) is 4.75. The monoisotopic (exact) mass is 518 g/mol. The zero-order valence-electron chi connectivity index (χ0n) is 21.9. The number of benzene rings is 2. The molecular formula is C30H35ClN4O2. The lowest BCUT2D eigenvalue weighted by molar-refractivity contribution is 0.0698. The van der Waals surface area contributed by atoms with Gasteiger partial charge in [0.25, 0.3) is 11.8 Å². The highest BCUT2D eigenvalue weighted by atomic mass is 35.5. The number of nitrogens with zero attached hydrogens (tertiary/aromatic N) is 4. The summed E-state index contributed by atoms with van der Waals surface area (Å²) in [6.07, 6.45) is 1.54. The summed E-state index contributed by atoms with van der Waals surface area (Å²) >= 11 is 5.98. The largest absolute Gasteiger partial charge is 0.339 e. The maximum atomic E-state index is 13.9. The minimum Gasteiger partial charge on any atom is -0.339 e. The molecule has 7 heteroatoms. The van der Waals surface area contributed by atoms with E-state index in [2.05, 4.69) is 17.0 Å². The van der Waals surface area contributed by atoms with Crippen molar-refractivity contribution >= 4 is 23.4 Å². The van der Waals surface area contributed by atoms with Crippen LogP contribution in [0, 0.1) is 6.92 Å². The molecule has 2 aromatic carbocycles. The van der Waals surface area contributed by atoms with Crippen LogP contribution in [0.1, 0.15) is 56.4 Å². The van der Waals surface area contributed by atoms with Gasteiger partial charge < -0.3 is 14.7 Å². The summed E-state index contributed by atoms with van der Waals surface area (Å²) in [4.78, 5) is 37.6. The molecule has 1 saturated heterocycles. The lowest BCUT2D eigenvalue weighted by atomic mass is 9.89. The van der Waals surface area contributed by atoms with E-state index in [1.54, 1.807) is 24.3 Å². The lowest BCUT2D eigenvalue weighted by Gasteiger charge is -2.33. The van der Waals surface area contributed by atoms with E-state index in [4.69, 9.17) is 16.6 Å². The van der Waals surface area contributed by atoms with Crippen LogP contribution in [0.2, 0.25) is 5.02 Å². The molecule has 3 aromatic rings. The van der Waals surface area contributed by atoms with E-state index < -0.39 is 0 Å². The second-order valence-corrected chi connectivity index (χ2v) is 10.4. The maximum Gasteiger partial charge on any atom is 0.256 e. The predicted molar refractivity (Wildman–Crippen MR) is 148 cm³/mol. The molecule has 1 aliphatic heterocycles. The van der Waals surface area contributed by atoms with E-state index in [0.29, 0.717) is 42.3 Å². The quantitative estimate of drug-likeness (QED) is 0.408. The molecule has 37 heavy (non-hydrogen) atoms. The topological polar surface area (TPSA) is 56.8 Å². The number of carbonyl (C=O) groups excluding carboxylic acids is 2. The standard InChI is InChI=1S/C30H35ClN4O2/c1-22-9-14-27(30(37)35(20-19-33(2)3)21-23-7-5-4-6-8-23)28(32-22)24-15-17-34(18-16-24)29(36)25-10-12-26(31)13-11-25/h4-14,24H,15-21H2,1-3H3. The normalized spacial score (nSPS) is 14.1. The molecule has 0 radical (unpaired) electrons. The fraction of sp³-hybridized carbons (Fsp3) is 0.367. The second kappa shape index (κ2) is 12.3. The number of amides is 2. The molecule has 0 unspecified atom stereocenters. The Bertz CT molecular complexity index is 1210. The number of hydrogen-bond acceptors (Lipinski definition) is 4. The molecular weight excluding hydrogens is 484 g/mol. The molecule has 6 nitrogen and oxygen atoms in total. The summed E-state index contributed by atoms with van der Waals surface area (Å²) in [6.45, 7) is 5.17. The zero-order chi connectivity index (χ0) is 26.4. The third-order valence-corrected chi connectivity index (χ3v) is 7.13. The predicted octanol–water partition coefficient (Wildman–Crippen LogP) is 5.27. The van der Waals surface area contributed by atoms with Crippen molar-refractivity contribution in [2.75, 3.05) is 40.3 Å². The number of likely N-dealkylation sites (N-methyl/N-ethyl adjacent to an activating group) is 1. The Labute approximate surface area is 224 Å². The summed E-state index contributed by atoms with van der Waals surface area (Å²) in [5, 5.41) is 0.616. The molecule has 1 fully saturated rings. The Kier molecular flexibility index (Phi) is 8.95. The minimum atomic E-state index is 0.00729. The Hall–Kier alpha value is -3.22. The van der Waals surface area contributed by atoms with E-state index in [0.717, 1.165) is 36.3 Å². The van der Waals surface area contributed by atoms with E-state index in [-0.39, 0.29) is 17.7 Å². The van der Waals surface area contributed by atoms with Gasteiger partial charge in [0.1, 0.15) is 0 Å². The van der Waals surface area contributed by atoms with Crippen molar-refractivity contribution in [3.63, 3.8) is 0 Å². The van der Waals surface area contributed by atoms with Gasteiger partial charge in [0.15, 0.2) is 0 Å². The van der Waals surface area contributed by atoms with Crippen LogP contribution in [0.3, 0.4) is 0 Å². The minimum absolute atomic E-state index is 0.00729. The van der Waals surface area contributed by atoms with E-state index in [9.17, 15) is 9.59 Å². The highest BCUT2D eigenvalue weighted by Crippen LogP contribution is 2.31. The van der Waals surface area contributed by atoms with Crippen LogP contribution >= 0.6 is 11.6 Å². The maximum absolute atomic E-state index is 13.9. The van der Waals surface area contributed by atoms with Gasteiger partial charge in [-0.2, -0.15) is 0 Å². The Morgan fingerprint density at radius 3 is 2.27 bits per heavy atom. The first-order valence-corrected chi connectivity index (χ1v) is 13.2. The van der Waals surface area contributed by atoms with Crippen LogP contribution in [0.25, 0.3) is 0 Å². The van der Waals surface area contributed by atoms with Gasteiger partial charge in [0, 0.05) is 54.9 Å². The van der Waals surface area contributed by atoms with Crippen molar-refractivity contribution in [2.24, 2.45) is 0 Å². The average Bonchev–Trinajstić information content (AvgIpc) is 2.91. The van der Waals surface area contributed by atoms with Gasteiger partial charge in [0.2, 0.25) is 0 Å². The van der Waals surface area contributed by atoms with Crippen LogP contribution in [0.15, 0.2) is 66.7 Å². The molecule has 1 aliphatic rings. The number of carbonyl (C=O) groups is 2. The summed E-state index contributed by atoms with van der Waals surface area (Å²) in [5.41, 5.74) is 4.17. The molecule has 0 saturated carbocycles. The van der Waals surface area contributed by atoms with Gasteiger partial charge in [-0.05, 0) is 75.8 Å². The summed E-state index contributed by atoms with van der Waals surface area (Å²) in [5.74, 6) is 0.148. The summed E-state index contributed by atoms with van der Waals surface area (Å²) < 4.78 is 0. The van der Waals surface area contributed by atoms with Crippen LogP contribution in [-0.4, -0.2) is 71.8 Å². The third-order valence-electron chi connectivity index (χ3n) is 6.88. The number of likely N-dealkylation sites (tertiary alicyclic amines) is 1. The van der Waals surface area contributed by atoms with Crippen molar-refractivity contribution in [1.29, 1.82) is 0 Å². The van der Waals surface area contributed by atoms with E-state index in [1.165, 1.54) is 0 Å². The number of pyridine rings is 1. The van der Waals surface area contributed by atoms with Gasteiger partial charge in [-0.3, -0.25) is 14.6 Å². The number of aryl methyl sites for hydroxylation is 1. The van der Waals surface area contributed by atoms with Crippen LogP contribution in [-0.2, 0) is 6.54 Å². The van der Waals surface area contributed by atoms with Gasteiger partial charge in [-0.15, -0.1) is 0 Å². The van der Waals surface area contributed by atoms with Crippen molar-refractivity contribution in [2.45, 2.75) is 32.2 Å². The van der Waals surface area contributed by atoms with Crippen molar-refractivity contribution in [3.8, 4) is 0 Å². The fourth-order valence-corrected chi connectivity index (χ4v) is 4.87. The number of aromatic nitrogens is 1. The Morgan fingerprint density at radius 1 is 0.946 bits per heavy atom. The molecule has 2 heterocycles. The molecule has 0 bridgehead atoms. The average molecular weight is 519 g/mol. The molecule has 0 spiro atoms. The molecule has 0 atom stereocenters. The van der Waals surface area contributed by atoms with Gasteiger partial charge in [-0.1, -0.05) is 41.9 Å². The van der Waals surface area contributed by atoms with Crippen molar-refractivity contribution in [1.82, 2.24) is 19.7 Å². The van der Waals surface area contributed by atoms with Gasteiger partial charge in [-0.25, -0.2) is 0 Å². The smallest absolute Gasteiger partial charge is 0.256 e. The third kappa shape index (κ3) is 6.96. The van der Waals surface area contributed by atoms with Crippen molar-refractivity contribution < 1.29 is 9.59 Å². The number of halogens is 1. The first-order valence-electron chi connectivity index (χ1n) is 12.8. The molecule has 194 valence electrons. The summed E-state index contributed by atoms with van der Waals surface area (Å²) in [6, 6.07) is 21.0. The highest BCUT2D eigenvalue weighted by molar-refractivity contribution is 6.30. The SMILES string of the molecule is Cc1ccc(C(=O)N(CCN(C)C)Cc2ccccc2)c(C2CCN(C(=O)c3ccc(Cl)cc3)CC2)n1. The molecule has 4 rings (SSSR count). The zero-order valence-corrected chi connectivity index (χ0v) is 22.6. The number of hydrogen-bond donors (Lipinski definition) is 0. The number of piperidine rings is 1. The Morgan fingerprint density at radius 2 is 1.62 bits per heavy atom. The number of rotatable bonds is 8. The molecule has 0 N–H and O–H groups in total. The second-order valence-electron chi connectivity index (χ2n) is 9.97. The van der Waals surface area contributed by atoms with Crippen LogP contribution in [0.5, 0.6) is 0 Å². The Balaban J connectivity index is 1.52. The molecule has 2 amide bonds. The molecule has 0 aliphatic carbocycles. The van der Waals surface area contributed by atoms with Crippen molar-refractivity contribution in [3.05, 3.63) is 99.8 Å². The first-order chi connectivity index (χ1) is 17.8. The first kappa shape index (κ1) is 26.8. The van der Waals surface area contributed by atoms with Crippen LogP contribution < -0.4 is 0 Å². The lowest BCUT2D eigenvalue weighted by Crippen LogP contribution is -2.39.